The molecule has 1 aromatic heterocycles. The summed E-state index contributed by atoms with van der Waals surface area (Å²) in [7, 11) is 0. The number of amides is 2. The molecule has 1 aliphatic carbocycles. The minimum Gasteiger partial charge on any atom is -0.338 e. The molecule has 2 fully saturated rings. The number of hydrogen-bond donors (Lipinski definition) is 1. The Labute approximate surface area is 122 Å². The molecule has 0 spiro atoms. The Kier molecular flexibility index (Phi) is 2.94. The zero-order chi connectivity index (χ0) is 14.4. The fourth-order valence-corrected chi connectivity index (χ4v) is 3.68. The van der Waals surface area contributed by atoms with Gasteiger partial charge in [-0.25, -0.2) is 0 Å². The van der Waals surface area contributed by atoms with Gasteiger partial charge in [-0.1, -0.05) is 0 Å². The summed E-state index contributed by atoms with van der Waals surface area (Å²) in [4.78, 5) is 28.1. The summed E-state index contributed by atoms with van der Waals surface area (Å²) in [5.41, 5.74) is 1.76. The van der Waals surface area contributed by atoms with Gasteiger partial charge in [-0.3, -0.25) is 9.59 Å². The second-order valence-corrected chi connectivity index (χ2v) is 6.19. The molecule has 4 rings (SSSR count). The largest absolute Gasteiger partial charge is 0.338 e. The normalized spacial score (nSPS) is 25.9. The summed E-state index contributed by atoms with van der Waals surface area (Å²) in [6.07, 6.45) is 4.35. The Morgan fingerprint density at radius 1 is 1.19 bits per heavy atom. The van der Waals surface area contributed by atoms with Crippen molar-refractivity contribution >= 4 is 11.8 Å². The fourth-order valence-electron chi connectivity index (χ4n) is 3.68. The number of rotatable bonds is 2. The number of nitrogens with one attached hydrogen (secondary N) is 1. The van der Waals surface area contributed by atoms with Gasteiger partial charge in [0.1, 0.15) is 0 Å². The van der Waals surface area contributed by atoms with Crippen LogP contribution in [0.15, 0.2) is 0 Å². The summed E-state index contributed by atoms with van der Waals surface area (Å²) in [6.45, 7) is 2.20. The van der Waals surface area contributed by atoms with Crippen LogP contribution in [0.25, 0.3) is 0 Å². The van der Waals surface area contributed by atoms with Crippen molar-refractivity contribution in [2.45, 2.75) is 44.1 Å². The molecule has 1 N–H and O–H groups in total. The molecule has 0 unspecified atom stereocenters. The first-order valence-corrected chi connectivity index (χ1v) is 7.72. The minimum atomic E-state index is -0.150. The van der Waals surface area contributed by atoms with Crippen molar-refractivity contribution in [2.24, 2.45) is 0 Å². The number of likely N-dealkylation sites (tertiary alicyclic amines) is 2. The van der Waals surface area contributed by atoms with Crippen molar-refractivity contribution in [2.75, 3.05) is 19.6 Å². The molecule has 3 aliphatic rings. The Hall–Kier alpha value is -1.92. The molecule has 21 heavy (non-hydrogen) atoms. The van der Waals surface area contributed by atoms with Crippen molar-refractivity contribution < 1.29 is 9.59 Å². The van der Waals surface area contributed by atoms with Crippen molar-refractivity contribution in [1.29, 1.82) is 0 Å². The smallest absolute Gasteiger partial charge is 0.232 e. The van der Waals surface area contributed by atoms with E-state index in [2.05, 4.69) is 15.4 Å². The standard InChI is InChI=1S/C14H19N5O2/c20-12-5-2-6-19(12)9-7-18(8-9)14(21)10-3-1-4-11-13(10)16-17-15-11/h9-10H,1-8H2,(H,15,16,17)/t10-/m1/s1. The quantitative estimate of drug-likeness (QED) is 0.834. The number of aromatic nitrogens is 3. The van der Waals surface area contributed by atoms with Gasteiger partial charge < -0.3 is 9.80 Å². The molecule has 7 nitrogen and oxygen atoms in total. The predicted octanol–water partition coefficient (Wildman–Crippen LogP) is 0.0578. The molecule has 2 amide bonds. The second kappa shape index (κ2) is 4.82. The van der Waals surface area contributed by atoms with E-state index >= 15 is 0 Å². The zero-order valence-corrected chi connectivity index (χ0v) is 11.9. The molecule has 2 aliphatic heterocycles. The topological polar surface area (TPSA) is 82.2 Å². The van der Waals surface area contributed by atoms with Crippen molar-refractivity contribution in [3.05, 3.63) is 11.4 Å². The molecule has 112 valence electrons. The van der Waals surface area contributed by atoms with Crippen molar-refractivity contribution in [3.8, 4) is 0 Å². The lowest BCUT2D eigenvalue weighted by atomic mass is 9.87. The average molecular weight is 289 g/mol. The first-order valence-electron chi connectivity index (χ1n) is 7.72. The van der Waals surface area contributed by atoms with Gasteiger partial charge in [-0.2, -0.15) is 15.4 Å². The van der Waals surface area contributed by atoms with Crippen LogP contribution in [0.1, 0.15) is 43.0 Å². The van der Waals surface area contributed by atoms with Crippen LogP contribution in [-0.2, 0) is 16.0 Å². The lowest BCUT2D eigenvalue weighted by Crippen LogP contribution is -2.62. The molecular formula is C14H19N5O2. The number of hydrogen-bond acceptors (Lipinski definition) is 4. The average Bonchev–Trinajstić information content (AvgIpc) is 3.06. The Morgan fingerprint density at radius 2 is 2.05 bits per heavy atom. The van der Waals surface area contributed by atoms with E-state index in [1.165, 1.54) is 0 Å². The maximum atomic E-state index is 12.6. The molecule has 0 radical (unpaired) electrons. The monoisotopic (exact) mass is 289 g/mol. The van der Waals surface area contributed by atoms with E-state index < -0.39 is 0 Å². The summed E-state index contributed by atoms with van der Waals surface area (Å²) < 4.78 is 0. The predicted molar refractivity (Wildman–Crippen MR) is 73.4 cm³/mol. The van der Waals surface area contributed by atoms with E-state index in [0.29, 0.717) is 19.5 Å². The molecule has 0 bridgehead atoms. The molecule has 0 saturated carbocycles. The maximum Gasteiger partial charge on any atom is 0.232 e. The highest BCUT2D eigenvalue weighted by Crippen LogP contribution is 2.32. The van der Waals surface area contributed by atoms with Crippen LogP contribution in [0, 0.1) is 0 Å². The number of aromatic amines is 1. The van der Waals surface area contributed by atoms with Gasteiger partial charge in [-0.15, -0.1) is 0 Å². The number of carbonyl (C=O) groups is 2. The van der Waals surface area contributed by atoms with E-state index in [0.717, 1.165) is 43.6 Å². The van der Waals surface area contributed by atoms with Crippen molar-refractivity contribution in [3.63, 3.8) is 0 Å². The van der Waals surface area contributed by atoms with E-state index in [1.54, 1.807) is 0 Å². The fraction of sp³-hybridized carbons (Fsp3) is 0.714. The number of H-pyrrole nitrogens is 1. The Morgan fingerprint density at radius 3 is 2.81 bits per heavy atom. The molecule has 1 aromatic rings. The van der Waals surface area contributed by atoms with Gasteiger partial charge in [0.05, 0.1) is 23.3 Å². The number of carbonyl (C=O) groups excluding carboxylic acids is 2. The highest BCUT2D eigenvalue weighted by atomic mass is 16.2. The summed E-state index contributed by atoms with van der Waals surface area (Å²) in [6, 6.07) is 0.226. The minimum absolute atomic E-state index is 0.146. The van der Waals surface area contributed by atoms with Crippen LogP contribution in [0.2, 0.25) is 0 Å². The second-order valence-electron chi connectivity index (χ2n) is 6.19. The number of nitrogens with zero attached hydrogens (tertiary/aromatic N) is 4. The maximum absolute atomic E-state index is 12.6. The molecule has 3 heterocycles. The first kappa shape index (κ1) is 12.8. The van der Waals surface area contributed by atoms with Crippen LogP contribution in [0.4, 0.5) is 0 Å². The summed E-state index contributed by atoms with van der Waals surface area (Å²) in [5.74, 6) is 0.235. The number of aryl methyl sites for hydroxylation is 1. The van der Waals surface area contributed by atoms with Gasteiger partial charge in [0.25, 0.3) is 0 Å². The van der Waals surface area contributed by atoms with Gasteiger partial charge >= 0.3 is 0 Å². The van der Waals surface area contributed by atoms with Crippen molar-refractivity contribution in [1.82, 2.24) is 25.2 Å². The van der Waals surface area contributed by atoms with Gasteiger partial charge in [0.15, 0.2) is 0 Å². The highest BCUT2D eigenvalue weighted by Gasteiger charge is 2.42. The van der Waals surface area contributed by atoms with Crippen LogP contribution in [0.3, 0.4) is 0 Å². The molecule has 2 saturated heterocycles. The Bertz CT molecular complexity index is 578. The lowest BCUT2D eigenvalue weighted by molar-refractivity contribution is -0.145. The van der Waals surface area contributed by atoms with Gasteiger partial charge in [-0.05, 0) is 25.7 Å². The SMILES string of the molecule is O=C([C@@H]1CCCc2n[nH]nc21)N1CC(N2CCCC2=O)C1. The third-order valence-electron chi connectivity index (χ3n) is 4.91. The third-order valence-corrected chi connectivity index (χ3v) is 4.91. The zero-order valence-electron chi connectivity index (χ0n) is 11.9. The molecular weight excluding hydrogens is 270 g/mol. The van der Waals surface area contributed by atoms with Gasteiger partial charge in [0.2, 0.25) is 11.8 Å². The van der Waals surface area contributed by atoms with E-state index in [1.807, 2.05) is 9.80 Å². The van der Waals surface area contributed by atoms with Crippen LogP contribution < -0.4 is 0 Å². The third kappa shape index (κ3) is 2.02. The highest BCUT2D eigenvalue weighted by molar-refractivity contribution is 5.85. The van der Waals surface area contributed by atoms with Crippen LogP contribution in [0.5, 0.6) is 0 Å². The molecule has 7 heteroatoms. The van der Waals surface area contributed by atoms with E-state index in [-0.39, 0.29) is 23.8 Å². The van der Waals surface area contributed by atoms with Crippen LogP contribution >= 0.6 is 0 Å². The van der Waals surface area contributed by atoms with E-state index in [9.17, 15) is 9.59 Å². The summed E-state index contributed by atoms with van der Waals surface area (Å²) in [5, 5.41) is 10.9. The van der Waals surface area contributed by atoms with Gasteiger partial charge in [0, 0.05) is 26.1 Å². The van der Waals surface area contributed by atoms with Crippen LogP contribution in [-0.4, -0.2) is 62.7 Å². The lowest BCUT2D eigenvalue weighted by Gasteiger charge is -2.45. The van der Waals surface area contributed by atoms with E-state index in [4.69, 9.17) is 0 Å². The first-order chi connectivity index (χ1) is 10.2. The summed E-state index contributed by atoms with van der Waals surface area (Å²) >= 11 is 0. The number of fused-ring (bicyclic) bond motifs is 1. The molecule has 0 aromatic carbocycles. The molecule has 1 atom stereocenters. The Balaban J connectivity index is 1.41.